The second kappa shape index (κ2) is 3.18. The van der Waals surface area contributed by atoms with Crippen LogP contribution in [0, 0.1) is 5.41 Å². The molecule has 0 fully saturated rings. The first-order chi connectivity index (χ1) is 6.18. The fraction of sp³-hybridized carbons (Fsp3) is 0.750. The molecule has 0 N–H and O–H groups in total. The number of alkyl halides is 1. The lowest BCUT2D eigenvalue weighted by Gasteiger charge is -2.37. The molecule has 0 saturated carbocycles. The summed E-state index contributed by atoms with van der Waals surface area (Å²) in [6, 6.07) is 0. The molecule has 0 saturated heterocycles. The van der Waals surface area contributed by atoms with Gasteiger partial charge in [-0.25, -0.2) is 4.39 Å². The SMILES string of the molecule is CC1=C(C(C)(C)C(C)(C)F)CCC1=O. The second-order valence-corrected chi connectivity index (χ2v) is 5.12. The molecule has 14 heavy (non-hydrogen) atoms. The molecule has 0 amide bonds. The predicted octanol–water partition coefficient (Wildman–Crippen LogP) is 3.44. The van der Waals surface area contributed by atoms with Crippen molar-refractivity contribution in [2.45, 2.75) is 53.1 Å². The molecule has 0 unspecified atom stereocenters. The third kappa shape index (κ3) is 1.62. The molecule has 0 aromatic rings. The molecular formula is C12H19FO. The number of halogens is 1. The van der Waals surface area contributed by atoms with Gasteiger partial charge >= 0.3 is 0 Å². The summed E-state index contributed by atoms with van der Waals surface area (Å²) in [4.78, 5) is 11.4. The number of allylic oxidation sites excluding steroid dienone is 2. The van der Waals surface area contributed by atoms with Crippen molar-refractivity contribution in [2.24, 2.45) is 5.41 Å². The minimum absolute atomic E-state index is 0.178. The smallest absolute Gasteiger partial charge is 0.158 e. The van der Waals surface area contributed by atoms with Crippen molar-refractivity contribution in [2.75, 3.05) is 0 Å². The number of carbonyl (C=O) groups is 1. The van der Waals surface area contributed by atoms with Crippen molar-refractivity contribution in [1.82, 2.24) is 0 Å². The van der Waals surface area contributed by atoms with Gasteiger partial charge in [-0.1, -0.05) is 19.4 Å². The number of ketones is 1. The molecule has 1 aliphatic carbocycles. The molecule has 1 nitrogen and oxygen atoms in total. The highest BCUT2D eigenvalue weighted by atomic mass is 19.1. The van der Waals surface area contributed by atoms with Gasteiger partial charge in [0, 0.05) is 11.8 Å². The van der Waals surface area contributed by atoms with Gasteiger partial charge < -0.3 is 0 Å². The van der Waals surface area contributed by atoms with Crippen molar-refractivity contribution in [1.29, 1.82) is 0 Å². The van der Waals surface area contributed by atoms with E-state index in [2.05, 4.69) is 0 Å². The maximum Gasteiger partial charge on any atom is 0.158 e. The summed E-state index contributed by atoms with van der Waals surface area (Å²) in [5.41, 5.74) is -0.0481. The summed E-state index contributed by atoms with van der Waals surface area (Å²) in [5, 5.41) is 0. The van der Waals surface area contributed by atoms with Crippen LogP contribution in [0.2, 0.25) is 0 Å². The Morgan fingerprint density at radius 3 is 1.93 bits per heavy atom. The fourth-order valence-electron chi connectivity index (χ4n) is 1.92. The van der Waals surface area contributed by atoms with Gasteiger partial charge in [-0.05, 0) is 32.8 Å². The van der Waals surface area contributed by atoms with Crippen molar-refractivity contribution in [3.8, 4) is 0 Å². The summed E-state index contributed by atoms with van der Waals surface area (Å²) in [7, 11) is 0. The van der Waals surface area contributed by atoms with Crippen LogP contribution in [0.3, 0.4) is 0 Å². The average molecular weight is 198 g/mol. The molecule has 1 rings (SSSR count). The van der Waals surface area contributed by atoms with E-state index in [-0.39, 0.29) is 5.78 Å². The Kier molecular flexibility index (Phi) is 2.59. The zero-order valence-corrected chi connectivity index (χ0v) is 9.70. The Bertz CT molecular complexity index is 292. The number of rotatable bonds is 2. The van der Waals surface area contributed by atoms with E-state index in [1.807, 2.05) is 20.8 Å². The zero-order valence-electron chi connectivity index (χ0n) is 9.70. The minimum atomic E-state index is -1.28. The highest BCUT2D eigenvalue weighted by Gasteiger charge is 2.43. The molecule has 0 bridgehead atoms. The molecule has 0 aliphatic heterocycles. The van der Waals surface area contributed by atoms with E-state index in [4.69, 9.17) is 0 Å². The summed E-state index contributed by atoms with van der Waals surface area (Å²) in [6.07, 6.45) is 1.28. The van der Waals surface area contributed by atoms with Gasteiger partial charge in [0.15, 0.2) is 5.78 Å². The van der Waals surface area contributed by atoms with E-state index in [0.29, 0.717) is 6.42 Å². The van der Waals surface area contributed by atoms with Crippen LogP contribution in [0.25, 0.3) is 0 Å². The Hall–Kier alpha value is -0.660. The van der Waals surface area contributed by atoms with E-state index in [9.17, 15) is 9.18 Å². The van der Waals surface area contributed by atoms with Gasteiger partial charge in [0.2, 0.25) is 0 Å². The highest BCUT2D eigenvalue weighted by molar-refractivity contribution is 5.98. The number of Topliss-reactive ketones (excluding diaryl/α,β-unsaturated/α-hetero) is 1. The van der Waals surface area contributed by atoms with E-state index in [1.165, 1.54) is 0 Å². The topological polar surface area (TPSA) is 17.1 Å². The fourth-order valence-corrected chi connectivity index (χ4v) is 1.92. The summed E-state index contributed by atoms with van der Waals surface area (Å²) < 4.78 is 14.0. The van der Waals surface area contributed by atoms with Gasteiger partial charge in [-0.3, -0.25) is 4.79 Å². The van der Waals surface area contributed by atoms with Crippen LogP contribution in [0.1, 0.15) is 47.5 Å². The van der Waals surface area contributed by atoms with Gasteiger partial charge in [-0.2, -0.15) is 0 Å². The van der Waals surface area contributed by atoms with Crippen LogP contribution in [-0.2, 0) is 4.79 Å². The van der Waals surface area contributed by atoms with Crippen LogP contribution >= 0.6 is 0 Å². The van der Waals surface area contributed by atoms with Crippen molar-refractivity contribution < 1.29 is 9.18 Å². The average Bonchev–Trinajstić information content (AvgIpc) is 2.30. The van der Waals surface area contributed by atoms with E-state index < -0.39 is 11.1 Å². The Balaban J connectivity index is 3.12. The first-order valence-electron chi connectivity index (χ1n) is 5.10. The highest BCUT2D eigenvalue weighted by Crippen LogP contribution is 2.46. The van der Waals surface area contributed by atoms with Gasteiger partial charge in [0.25, 0.3) is 0 Å². The lowest BCUT2D eigenvalue weighted by molar-refractivity contribution is -0.114. The molecule has 80 valence electrons. The van der Waals surface area contributed by atoms with Crippen LogP contribution in [-0.4, -0.2) is 11.5 Å². The van der Waals surface area contributed by atoms with Crippen LogP contribution in [0.5, 0.6) is 0 Å². The molecule has 0 aromatic carbocycles. The van der Waals surface area contributed by atoms with E-state index in [0.717, 1.165) is 17.6 Å². The predicted molar refractivity (Wildman–Crippen MR) is 55.9 cm³/mol. The number of carbonyl (C=O) groups excluding carboxylic acids is 1. The zero-order chi connectivity index (χ0) is 11.1. The maximum atomic E-state index is 14.0. The molecule has 1 aliphatic rings. The van der Waals surface area contributed by atoms with Gasteiger partial charge in [-0.15, -0.1) is 0 Å². The molecule has 2 heteroatoms. The van der Waals surface area contributed by atoms with Crippen molar-refractivity contribution in [3.63, 3.8) is 0 Å². The lowest BCUT2D eigenvalue weighted by Crippen LogP contribution is -2.36. The van der Waals surface area contributed by atoms with E-state index >= 15 is 0 Å². The van der Waals surface area contributed by atoms with E-state index in [1.54, 1.807) is 13.8 Å². The maximum absolute atomic E-state index is 14.0. The quantitative estimate of drug-likeness (QED) is 0.664. The van der Waals surface area contributed by atoms with Crippen LogP contribution in [0.4, 0.5) is 4.39 Å². The normalized spacial score (nSPS) is 19.4. The second-order valence-electron chi connectivity index (χ2n) is 5.12. The molecule has 0 radical (unpaired) electrons. The largest absolute Gasteiger partial charge is 0.295 e. The van der Waals surface area contributed by atoms with Crippen molar-refractivity contribution in [3.05, 3.63) is 11.1 Å². The standard InChI is InChI=1S/C12H19FO/c1-8-9(6-7-10(8)14)11(2,3)12(4,5)13/h6-7H2,1-5H3. The molecular weight excluding hydrogens is 179 g/mol. The summed E-state index contributed by atoms with van der Waals surface area (Å²) in [5.74, 6) is 0.178. The molecule has 0 heterocycles. The summed E-state index contributed by atoms with van der Waals surface area (Å²) >= 11 is 0. The third-order valence-electron chi connectivity index (χ3n) is 3.71. The molecule has 0 aromatic heterocycles. The first kappa shape index (κ1) is 11.4. The minimum Gasteiger partial charge on any atom is -0.295 e. The molecule has 0 spiro atoms. The Morgan fingerprint density at radius 2 is 1.64 bits per heavy atom. The van der Waals surface area contributed by atoms with Gasteiger partial charge in [0.05, 0.1) is 0 Å². The Labute approximate surface area is 85.4 Å². The Morgan fingerprint density at radius 1 is 1.14 bits per heavy atom. The van der Waals surface area contributed by atoms with Crippen molar-refractivity contribution >= 4 is 5.78 Å². The first-order valence-corrected chi connectivity index (χ1v) is 5.10. The lowest BCUT2D eigenvalue weighted by atomic mass is 9.71. The van der Waals surface area contributed by atoms with Gasteiger partial charge in [0.1, 0.15) is 5.67 Å². The summed E-state index contributed by atoms with van der Waals surface area (Å²) in [6.45, 7) is 8.74. The number of hydrogen-bond acceptors (Lipinski definition) is 1. The number of hydrogen-bond donors (Lipinski definition) is 0. The third-order valence-corrected chi connectivity index (χ3v) is 3.71. The van der Waals surface area contributed by atoms with Crippen LogP contribution < -0.4 is 0 Å². The monoisotopic (exact) mass is 198 g/mol. The van der Waals surface area contributed by atoms with Crippen LogP contribution in [0.15, 0.2) is 11.1 Å². The molecule has 0 atom stereocenters.